The molecule has 0 aliphatic heterocycles. The van der Waals surface area contributed by atoms with E-state index in [1.807, 2.05) is 44.2 Å². The molecule has 5 heteroatoms. The van der Waals surface area contributed by atoms with Crippen LogP contribution in [0.1, 0.15) is 76.8 Å². The second-order valence-corrected chi connectivity index (χ2v) is 11.3. The molecule has 180 valence electrons. The predicted molar refractivity (Wildman–Crippen MR) is 138 cm³/mol. The number of unbranched alkanes of at least 4 members (excludes halogenated alkanes) is 4. The second-order valence-electron chi connectivity index (χ2n) is 9.46. The summed E-state index contributed by atoms with van der Waals surface area (Å²) in [7, 11) is -3.75. The number of sulfonamides is 1. The minimum atomic E-state index is -3.75. The number of benzene rings is 2. The van der Waals surface area contributed by atoms with E-state index in [4.69, 9.17) is 5.26 Å². The van der Waals surface area contributed by atoms with Crippen molar-refractivity contribution in [2.75, 3.05) is 10.8 Å². The van der Waals surface area contributed by atoms with Crippen LogP contribution in [0.3, 0.4) is 0 Å². The van der Waals surface area contributed by atoms with E-state index in [-0.39, 0.29) is 17.4 Å². The zero-order valence-electron chi connectivity index (χ0n) is 20.8. The summed E-state index contributed by atoms with van der Waals surface area (Å²) in [5.41, 5.74) is 2.81. The van der Waals surface area contributed by atoms with Crippen LogP contribution < -0.4 is 4.31 Å². The molecule has 0 aliphatic carbocycles. The standard InChI is InChI=1S/C28H40N2O2S/c1-5-6-7-8-9-12-24(3)21-26-13-10-11-14-28(26)30(22-25(4)19-20-29)33(31,32)27-17-15-23(2)16-18-27/h10-11,13-18,24-25H,5-9,12,19,21-22H2,1-4H3/t24-,25?/m0/s1. The van der Waals surface area contributed by atoms with E-state index in [0.29, 0.717) is 12.3 Å². The Hall–Kier alpha value is -2.32. The van der Waals surface area contributed by atoms with Gasteiger partial charge in [0.25, 0.3) is 10.0 Å². The lowest BCUT2D eigenvalue weighted by Crippen LogP contribution is -2.35. The van der Waals surface area contributed by atoms with Gasteiger partial charge in [0.1, 0.15) is 0 Å². The van der Waals surface area contributed by atoms with Crippen molar-refractivity contribution in [1.82, 2.24) is 0 Å². The summed E-state index contributed by atoms with van der Waals surface area (Å²) >= 11 is 0. The fourth-order valence-electron chi connectivity index (χ4n) is 4.17. The van der Waals surface area contributed by atoms with Gasteiger partial charge in [-0.1, -0.05) is 95.2 Å². The van der Waals surface area contributed by atoms with Gasteiger partial charge in [-0.3, -0.25) is 4.31 Å². The highest BCUT2D eigenvalue weighted by Gasteiger charge is 2.28. The fraction of sp³-hybridized carbons (Fsp3) is 0.536. The average molecular weight is 469 g/mol. The molecule has 2 atom stereocenters. The van der Waals surface area contributed by atoms with Crippen molar-refractivity contribution in [1.29, 1.82) is 5.26 Å². The third kappa shape index (κ3) is 8.19. The first-order valence-corrected chi connectivity index (χ1v) is 13.8. The highest BCUT2D eigenvalue weighted by Crippen LogP contribution is 2.31. The highest BCUT2D eigenvalue weighted by atomic mass is 32.2. The van der Waals surface area contributed by atoms with Crippen LogP contribution in [-0.2, 0) is 16.4 Å². The second kappa shape index (κ2) is 13.4. The molecule has 1 unspecified atom stereocenters. The molecule has 0 saturated carbocycles. The maximum absolute atomic E-state index is 13.7. The summed E-state index contributed by atoms with van der Waals surface area (Å²) in [6, 6.07) is 17.0. The van der Waals surface area contributed by atoms with E-state index in [2.05, 4.69) is 26.0 Å². The zero-order chi connectivity index (χ0) is 24.3. The molecule has 33 heavy (non-hydrogen) atoms. The van der Waals surface area contributed by atoms with Crippen LogP contribution in [-0.4, -0.2) is 15.0 Å². The molecule has 0 bridgehead atoms. The summed E-state index contributed by atoms with van der Waals surface area (Å²) in [5.74, 6) is 0.410. The Labute approximate surface area is 201 Å². The van der Waals surface area contributed by atoms with Gasteiger partial charge >= 0.3 is 0 Å². The van der Waals surface area contributed by atoms with E-state index in [1.54, 1.807) is 12.1 Å². The summed E-state index contributed by atoms with van der Waals surface area (Å²) in [6.07, 6.45) is 8.62. The molecule has 0 radical (unpaired) electrons. The van der Waals surface area contributed by atoms with Crippen LogP contribution in [0.5, 0.6) is 0 Å². The molecule has 2 aromatic carbocycles. The van der Waals surface area contributed by atoms with Crippen molar-refractivity contribution in [3.63, 3.8) is 0 Å². The minimum Gasteiger partial charge on any atom is -0.266 e. The van der Waals surface area contributed by atoms with Gasteiger partial charge in [0.2, 0.25) is 0 Å². The van der Waals surface area contributed by atoms with Crippen LogP contribution >= 0.6 is 0 Å². The first-order valence-electron chi connectivity index (χ1n) is 12.3. The largest absolute Gasteiger partial charge is 0.266 e. The number of hydrogen-bond acceptors (Lipinski definition) is 3. The van der Waals surface area contributed by atoms with Gasteiger partial charge in [-0.25, -0.2) is 8.42 Å². The van der Waals surface area contributed by atoms with Gasteiger partial charge in [-0.2, -0.15) is 5.26 Å². The van der Waals surface area contributed by atoms with Gasteiger partial charge in [-0.15, -0.1) is 0 Å². The average Bonchev–Trinajstić information content (AvgIpc) is 2.78. The quantitative estimate of drug-likeness (QED) is 0.274. The maximum Gasteiger partial charge on any atom is 0.264 e. The molecule has 0 aromatic heterocycles. The molecule has 0 aliphatic rings. The monoisotopic (exact) mass is 468 g/mol. The van der Waals surface area contributed by atoms with E-state index >= 15 is 0 Å². The lowest BCUT2D eigenvalue weighted by Gasteiger charge is -2.29. The van der Waals surface area contributed by atoms with Crippen molar-refractivity contribution < 1.29 is 8.42 Å². The van der Waals surface area contributed by atoms with Crippen molar-refractivity contribution in [2.45, 2.75) is 84.0 Å². The van der Waals surface area contributed by atoms with E-state index in [1.165, 1.54) is 36.4 Å². The van der Waals surface area contributed by atoms with Crippen LogP contribution in [0.4, 0.5) is 5.69 Å². The highest BCUT2D eigenvalue weighted by molar-refractivity contribution is 7.92. The molecular formula is C28H40N2O2S. The Morgan fingerprint density at radius 3 is 2.27 bits per heavy atom. The van der Waals surface area contributed by atoms with Crippen molar-refractivity contribution in [3.8, 4) is 6.07 Å². The Balaban J connectivity index is 2.32. The molecule has 2 aromatic rings. The fourth-order valence-corrected chi connectivity index (χ4v) is 5.79. The molecule has 4 nitrogen and oxygen atoms in total. The number of anilines is 1. The lowest BCUT2D eigenvalue weighted by atomic mass is 9.94. The molecule has 0 heterocycles. The zero-order valence-corrected chi connectivity index (χ0v) is 21.6. The Morgan fingerprint density at radius 1 is 0.939 bits per heavy atom. The molecular weight excluding hydrogens is 428 g/mol. The van der Waals surface area contributed by atoms with Crippen LogP contribution in [0.15, 0.2) is 53.4 Å². The maximum atomic E-state index is 13.7. The molecule has 0 spiro atoms. The molecule has 0 fully saturated rings. The number of nitrogens with zero attached hydrogens (tertiary/aromatic N) is 2. The van der Waals surface area contributed by atoms with Crippen LogP contribution in [0, 0.1) is 30.1 Å². The third-order valence-corrected chi connectivity index (χ3v) is 7.95. The van der Waals surface area contributed by atoms with Crippen LogP contribution in [0.2, 0.25) is 0 Å². The number of hydrogen-bond donors (Lipinski definition) is 0. The lowest BCUT2D eigenvalue weighted by molar-refractivity contribution is 0.483. The smallest absolute Gasteiger partial charge is 0.264 e. The SMILES string of the molecule is CCCCCCC[C@H](C)Cc1ccccc1N(CC(C)CC#N)S(=O)(=O)c1ccc(C)cc1. The number of rotatable bonds is 14. The molecule has 0 saturated heterocycles. The van der Waals surface area contributed by atoms with Crippen molar-refractivity contribution in [2.24, 2.45) is 11.8 Å². The van der Waals surface area contributed by atoms with Crippen molar-refractivity contribution >= 4 is 15.7 Å². The minimum absolute atomic E-state index is 0.0701. The van der Waals surface area contributed by atoms with Gasteiger partial charge in [-0.05, 0) is 48.9 Å². The van der Waals surface area contributed by atoms with Gasteiger partial charge in [0.05, 0.1) is 16.7 Å². The van der Waals surface area contributed by atoms with E-state index < -0.39 is 10.0 Å². The third-order valence-electron chi connectivity index (χ3n) is 6.16. The summed E-state index contributed by atoms with van der Waals surface area (Å²) in [5, 5.41) is 9.16. The molecule has 0 amide bonds. The number of aryl methyl sites for hydroxylation is 1. The summed E-state index contributed by atoms with van der Waals surface area (Å²) < 4.78 is 29.0. The Morgan fingerprint density at radius 2 is 1.61 bits per heavy atom. The van der Waals surface area contributed by atoms with Crippen molar-refractivity contribution in [3.05, 3.63) is 59.7 Å². The van der Waals surface area contributed by atoms with Gasteiger partial charge in [0.15, 0.2) is 0 Å². The van der Waals surface area contributed by atoms with Gasteiger partial charge < -0.3 is 0 Å². The number of para-hydroxylation sites is 1. The Kier molecular flexibility index (Phi) is 10.9. The topological polar surface area (TPSA) is 61.2 Å². The van der Waals surface area contributed by atoms with E-state index in [0.717, 1.165) is 29.7 Å². The predicted octanol–water partition coefficient (Wildman–Crippen LogP) is 7.28. The van der Waals surface area contributed by atoms with Gasteiger partial charge in [0, 0.05) is 13.0 Å². The first-order chi connectivity index (χ1) is 15.8. The van der Waals surface area contributed by atoms with Crippen LogP contribution in [0.25, 0.3) is 0 Å². The number of nitriles is 1. The first kappa shape index (κ1) is 26.9. The molecule has 2 rings (SSSR count). The molecule has 0 N–H and O–H groups in total. The normalized spacial score (nSPS) is 13.3. The Bertz CT molecular complexity index is 993. The summed E-state index contributed by atoms with van der Waals surface area (Å²) in [6.45, 7) is 8.65. The summed E-state index contributed by atoms with van der Waals surface area (Å²) in [4.78, 5) is 0.288. The van der Waals surface area contributed by atoms with E-state index in [9.17, 15) is 8.42 Å².